The number of nitrogens with zero attached hydrogens (tertiary/aromatic N) is 1. The van der Waals surface area contributed by atoms with E-state index < -0.39 is 23.5 Å². The van der Waals surface area contributed by atoms with E-state index in [2.05, 4.69) is 4.98 Å². The van der Waals surface area contributed by atoms with Crippen LogP contribution < -0.4 is 4.74 Å². The lowest BCUT2D eigenvalue weighted by atomic mass is 9.92. The van der Waals surface area contributed by atoms with Crippen molar-refractivity contribution in [3.8, 4) is 11.6 Å². The van der Waals surface area contributed by atoms with E-state index in [0.717, 1.165) is 31.2 Å². The van der Waals surface area contributed by atoms with Gasteiger partial charge in [0.05, 0.1) is 0 Å². The predicted octanol–water partition coefficient (Wildman–Crippen LogP) is 4.17. The largest absolute Gasteiger partial charge is 0.436 e. The van der Waals surface area contributed by atoms with Gasteiger partial charge in [-0.2, -0.15) is 9.37 Å². The Morgan fingerprint density at radius 1 is 0.900 bits per heavy atom. The molecule has 5 heteroatoms. The van der Waals surface area contributed by atoms with E-state index in [9.17, 15) is 13.2 Å². The van der Waals surface area contributed by atoms with Crippen LogP contribution in [0.3, 0.4) is 0 Å². The molecule has 2 nitrogen and oxygen atoms in total. The summed E-state index contributed by atoms with van der Waals surface area (Å²) in [5, 5.41) is 0. The van der Waals surface area contributed by atoms with Crippen molar-refractivity contribution in [1.29, 1.82) is 0 Å². The first kappa shape index (κ1) is 13.0. The maximum Gasteiger partial charge on any atom is 0.258 e. The molecule has 0 bridgehead atoms. The highest BCUT2D eigenvalue weighted by molar-refractivity contribution is 5.38. The molecule has 3 rings (SSSR count). The van der Waals surface area contributed by atoms with Gasteiger partial charge < -0.3 is 4.74 Å². The predicted molar refractivity (Wildman–Crippen MR) is 67.3 cm³/mol. The highest BCUT2D eigenvalue weighted by Crippen LogP contribution is 2.29. The van der Waals surface area contributed by atoms with Crippen LogP contribution >= 0.6 is 0 Å². The first-order valence-corrected chi connectivity index (χ1v) is 6.44. The van der Waals surface area contributed by atoms with Gasteiger partial charge in [0, 0.05) is 6.07 Å². The molecule has 0 unspecified atom stereocenters. The lowest BCUT2D eigenvalue weighted by Crippen LogP contribution is -2.03. The van der Waals surface area contributed by atoms with Crippen LogP contribution in [0.4, 0.5) is 13.2 Å². The molecule has 104 valence electrons. The fourth-order valence-electron chi connectivity index (χ4n) is 2.39. The molecule has 1 aromatic carbocycles. The van der Waals surface area contributed by atoms with Crippen molar-refractivity contribution in [2.24, 2.45) is 0 Å². The Balaban J connectivity index is 1.89. The Bertz CT molecular complexity index is 658. The number of hydrogen-bond donors (Lipinski definition) is 0. The molecule has 0 saturated carbocycles. The number of pyridine rings is 1. The number of halogens is 3. The van der Waals surface area contributed by atoms with Gasteiger partial charge in [0.15, 0.2) is 11.6 Å². The molecule has 0 aliphatic heterocycles. The monoisotopic (exact) mass is 279 g/mol. The average molecular weight is 279 g/mol. The van der Waals surface area contributed by atoms with E-state index in [4.69, 9.17) is 4.74 Å². The SMILES string of the molecule is Fc1cc(F)c(Oc2ccc3c(c2)CCCC3)nc1F. The third-order valence-electron chi connectivity index (χ3n) is 3.39. The van der Waals surface area contributed by atoms with Crippen LogP contribution in [-0.2, 0) is 12.8 Å². The summed E-state index contributed by atoms with van der Waals surface area (Å²) in [6.45, 7) is 0. The second kappa shape index (κ2) is 5.15. The lowest BCUT2D eigenvalue weighted by molar-refractivity contribution is 0.386. The molecular weight excluding hydrogens is 267 g/mol. The first-order valence-electron chi connectivity index (χ1n) is 6.44. The zero-order chi connectivity index (χ0) is 14.1. The van der Waals surface area contributed by atoms with E-state index >= 15 is 0 Å². The Labute approximate surface area is 114 Å². The van der Waals surface area contributed by atoms with Crippen LogP contribution in [-0.4, -0.2) is 4.98 Å². The van der Waals surface area contributed by atoms with Gasteiger partial charge >= 0.3 is 0 Å². The summed E-state index contributed by atoms with van der Waals surface area (Å²) in [4.78, 5) is 3.14. The number of rotatable bonds is 2. The Kier molecular flexibility index (Phi) is 3.34. The van der Waals surface area contributed by atoms with Crippen LogP contribution in [0.15, 0.2) is 24.3 Å². The molecule has 2 aromatic rings. The molecule has 0 radical (unpaired) electrons. The van der Waals surface area contributed by atoms with Gasteiger partial charge in [-0.3, -0.25) is 0 Å². The molecule has 1 aliphatic rings. The van der Waals surface area contributed by atoms with E-state index in [1.165, 1.54) is 5.56 Å². The van der Waals surface area contributed by atoms with Crippen molar-refractivity contribution in [2.75, 3.05) is 0 Å². The van der Waals surface area contributed by atoms with Gasteiger partial charge in [-0.25, -0.2) is 8.78 Å². The van der Waals surface area contributed by atoms with E-state index in [-0.39, 0.29) is 0 Å². The zero-order valence-electron chi connectivity index (χ0n) is 10.6. The third kappa shape index (κ3) is 2.48. The van der Waals surface area contributed by atoms with Crippen molar-refractivity contribution in [1.82, 2.24) is 4.98 Å². The minimum absolute atomic E-state index is 0.378. The molecule has 0 N–H and O–H groups in total. The standard InChI is InChI=1S/C15H12F3NO/c16-12-8-13(17)15(19-14(12)18)20-11-6-5-9-3-1-2-4-10(9)7-11/h5-8H,1-4H2. The second-order valence-electron chi connectivity index (χ2n) is 4.79. The minimum Gasteiger partial charge on any atom is -0.436 e. The quantitative estimate of drug-likeness (QED) is 0.770. The molecule has 0 amide bonds. The molecule has 0 spiro atoms. The van der Waals surface area contributed by atoms with E-state index in [1.807, 2.05) is 6.07 Å². The smallest absolute Gasteiger partial charge is 0.258 e. The molecule has 0 fully saturated rings. The molecule has 1 aromatic heterocycles. The molecule has 1 aliphatic carbocycles. The molecule has 1 heterocycles. The van der Waals surface area contributed by atoms with Gasteiger partial charge in [0.1, 0.15) is 5.75 Å². The summed E-state index contributed by atoms with van der Waals surface area (Å²) in [5.41, 5.74) is 2.40. The van der Waals surface area contributed by atoms with Crippen molar-refractivity contribution in [3.63, 3.8) is 0 Å². The van der Waals surface area contributed by atoms with Crippen molar-refractivity contribution in [3.05, 3.63) is 53.0 Å². The molecule has 0 atom stereocenters. The Morgan fingerprint density at radius 3 is 2.45 bits per heavy atom. The molecular formula is C15H12F3NO. The number of ether oxygens (including phenoxy) is 1. The average Bonchev–Trinajstić information content (AvgIpc) is 2.44. The minimum atomic E-state index is -1.38. The maximum absolute atomic E-state index is 13.5. The van der Waals surface area contributed by atoms with Crippen LogP contribution in [0, 0.1) is 17.6 Å². The summed E-state index contributed by atoms with van der Waals surface area (Å²) in [6, 6.07) is 5.83. The topological polar surface area (TPSA) is 22.1 Å². The van der Waals surface area contributed by atoms with Gasteiger partial charge in [-0.1, -0.05) is 6.07 Å². The van der Waals surface area contributed by atoms with E-state index in [1.54, 1.807) is 12.1 Å². The van der Waals surface area contributed by atoms with Crippen LogP contribution in [0.5, 0.6) is 11.6 Å². The van der Waals surface area contributed by atoms with Crippen molar-refractivity contribution < 1.29 is 17.9 Å². The summed E-state index contributed by atoms with van der Waals surface area (Å²) >= 11 is 0. The number of hydrogen-bond acceptors (Lipinski definition) is 2. The maximum atomic E-state index is 13.5. The van der Waals surface area contributed by atoms with Crippen LogP contribution in [0.1, 0.15) is 24.0 Å². The lowest BCUT2D eigenvalue weighted by Gasteiger charge is -2.16. The number of benzene rings is 1. The Morgan fingerprint density at radius 2 is 1.65 bits per heavy atom. The number of fused-ring (bicyclic) bond motifs is 1. The van der Waals surface area contributed by atoms with E-state index in [0.29, 0.717) is 11.8 Å². The first-order chi connectivity index (χ1) is 9.63. The fraction of sp³-hybridized carbons (Fsp3) is 0.267. The van der Waals surface area contributed by atoms with Crippen LogP contribution in [0.2, 0.25) is 0 Å². The van der Waals surface area contributed by atoms with Crippen LogP contribution in [0.25, 0.3) is 0 Å². The molecule has 0 saturated heterocycles. The third-order valence-corrected chi connectivity index (χ3v) is 3.39. The van der Waals surface area contributed by atoms with Gasteiger partial charge in [0.2, 0.25) is 0 Å². The van der Waals surface area contributed by atoms with Crippen molar-refractivity contribution in [2.45, 2.75) is 25.7 Å². The summed E-state index contributed by atoms with van der Waals surface area (Å²) in [6.07, 6.45) is 4.23. The second-order valence-corrected chi connectivity index (χ2v) is 4.79. The molecule has 20 heavy (non-hydrogen) atoms. The Hall–Kier alpha value is -2.04. The highest BCUT2D eigenvalue weighted by Gasteiger charge is 2.15. The normalized spacial score (nSPS) is 13.9. The summed E-state index contributed by atoms with van der Waals surface area (Å²) < 4.78 is 44.5. The zero-order valence-corrected chi connectivity index (χ0v) is 10.6. The summed E-state index contributed by atoms with van der Waals surface area (Å²) in [7, 11) is 0. The highest BCUT2D eigenvalue weighted by atomic mass is 19.2. The van der Waals surface area contributed by atoms with Crippen molar-refractivity contribution >= 4 is 0 Å². The summed E-state index contributed by atoms with van der Waals surface area (Å²) in [5.74, 6) is -3.91. The number of aryl methyl sites for hydroxylation is 2. The van der Waals surface area contributed by atoms with Gasteiger partial charge in [-0.05, 0) is 48.9 Å². The van der Waals surface area contributed by atoms with Gasteiger partial charge in [-0.15, -0.1) is 0 Å². The fourth-order valence-corrected chi connectivity index (χ4v) is 2.39. The van der Waals surface area contributed by atoms with Gasteiger partial charge in [0.25, 0.3) is 11.8 Å². The number of aromatic nitrogens is 1.